The van der Waals surface area contributed by atoms with Gasteiger partial charge < -0.3 is 14.4 Å². The lowest BCUT2D eigenvalue weighted by molar-refractivity contribution is -0.123. The number of carbonyl (C=O) groups excluding carboxylic acids is 1. The quantitative estimate of drug-likeness (QED) is 0.319. The summed E-state index contributed by atoms with van der Waals surface area (Å²) in [5.74, 6) is 5.85. The number of carboxylic acids is 1. The molecule has 0 unspecified atom stereocenters. The number of thiophene rings is 1. The summed E-state index contributed by atoms with van der Waals surface area (Å²) >= 11 is 1.15. The number of hydrogen-bond donors (Lipinski definition) is 1. The highest BCUT2D eigenvalue weighted by atomic mass is 32.1. The van der Waals surface area contributed by atoms with Gasteiger partial charge >= 0.3 is 5.97 Å². The topological polar surface area (TPSA) is 66.8 Å². The maximum absolute atomic E-state index is 13.7. The van der Waals surface area contributed by atoms with E-state index in [9.17, 15) is 14.7 Å². The molecule has 1 amide bonds. The second-order valence-corrected chi connectivity index (χ2v) is 18.0. The third-order valence-electron chi connectivity index (χ3n) is 6.97. The Morgan fingerprint density at radius 1 is 1.15 bits per heavy atom. The van der Waals surface area contributed by atoms with E-state index in [-0.39, 0.29) is 27.2 Å². The van der Waals surface area contributed by atoms with Crippen molar-refractivity contribution in [3.8, 4) is 11.8 Å². The van der Waals surface area contributed by atoms with Crippen molar-refractivity contribution >= 4 is 37.2 Å². The van der Waals surface area contributed by atoms with Crippen LogP contribution in [-0.2, 0) is 9.22 Å². The summed E-state index contributed by atoms with van der Waals surface area (Å²) in [4.78, 5) is 28.4. The molecule has 1 aromatic rings. The van der Waals surface area contributed by atoms with Crippen LogP contribution in [0.2, 0.25) is 18.1 Å². The number of rotatable bonds is 7. The van der Waals surface area contributed by atoms with Gasteiger partial charge in [-0.25, -0.2) is 4.79 Å². The highest BCUT2D eigenvalue weighted by Gasteiger charge is 2.38. The molecule has 1 aromatic heterocycles. The Labute approximate surface area is 211 Å². The van der Waals surface area contributed by atoms with Crippen molar-refractivity contribution in [2.24, 2.45) is 17.3 Å². The zero-order chi connectivity index (χ0) is 25.9. The van der Waals surface area contributed by atoms with Crippen molar-refractivity contribution in [3.63, 3.8) is 0 Å². The van der Waals surface area contributed by atoms with Crippen LogP contribution < -0.4 is 4.90 Å². The summed E-state index contributed by atoms with van der Waals surface area (Å²) < 4.78 is 6.37. The molecule has 2 rings (SSSR count). The molecule has 0 spiro atoms. The van der Waals surface area contributed by atoms with Crippen LogP contribution in [0.4, 0.5) is 5.69 Å². The molecule has 34 heavy (non-hydrogen) atoms. The number of amides is 1. The fourth-order valence-corrected chi connectivity index (χ4v) is 5.62. The van der Waals surface area contributed by atoms with Gasteiger partial charge in [0.05, 0.1) is 17.2 Å². The van der Waals surface area contributed by atoms with Gasteiger partial charge in [-0.2, -0.15) is 0 Å². The SMILES string of the molecule is CC1CCC(C(=O)N(CCO[Si](C)(C)C(C)(C)C)c2cc(C#CC(C)(C)C)sc2C(=O)O)CC1. The third kappa shape index (κ3) is 7.69. The number of anilines is 1. The highest BCUT2D eigenvalue weighted by molar-refractivity contribution is 7.15. The summed E-state index contributed by atoms with van der Waals surface area (Å²) in [6.45, 7) is 20.0. The number of aromatic carboxylic acids is 1. The van der Waals surface area contributed by atoms with E-state index in [1.54, 1.807) is 11.0 Å². The molecule has 190 valence electrons. The Bertz CT molecular complexity index is 935. The van der Waals surface area contributed by atoms with Gasteiger partial charge in [0.25, 0.3) is 0 Å². The summed E-state index contributed by atoms with van der Waals surface area (Å²) in [7, 11) is -1.99. The molecule has 5 nitrogen and oxygen atoms in total. The van der Waals surface area contributed by atoms with E-state index in [0.717, 1.165) is 37.0 Å². The standard InChI is InChI=1S/C27H43NO4SSi/c1-19-10-12-20(13-11-19)24(29)28(16-17-32-34(8,9)27(5,6)7)22-18-21(14-15-26(2,3)4)33-23(22)25(30)31/h18-20H,10-13,16-17H2,1-9H3,(H,30,31). The molecule has 1 heterocycles. The lowest BCUT2D eigenvalue weighted by atomic mass is 9.82. The molecular formula is C27H43NO4SSi. The molecule has 1 aliphatic rings. The first-order chi connectivity index (χ1) is 15.5. The first-order valence-electron chi connectivity index (χ1n) is 12.4. The maximum atomic E-state index is 13.7. The van der Waals surface area contributed by atoms with E-state index in [2.05, 4.69) is 52.6 Å². The van der Waals surface area contributed by atoms with Gasteiger partial charge in [-0.3, -0.25) is 4.79 Å². The second-order valence-electron chi connectivity index (χ2n) is 12.2. The zero-order valence-corrected chi connectivity index (χ0v) is 24.3. The second kappa shape index (κ2) is 11.0. The van der Waals surface area contributed by atoms with Crippen LogP contribution in [0.3, 0.4) is 0 Å². The number of carbonyl (C=O) groups is 2. The highest BCUT2D eigenvalue weighted by Crippen LogP contribution is 2.38. The van der Waals surface area contributed by atoms with Gasteiger partial charge in [-0.05, 0) is 76.6 Å². The van der Waals surface area contributed by atoms with Crippen LogP contribution in [0.5, 0.6) is 0 Å². The molecule has 0 bridgehead atoms. The van der Waals surface area contributed by atoms with Crippen LogP contribution >= 0.6 is 11.3 Å². The van der Waals surface area contributed by atoms with Crippen molar-refractivity contribution in [2.45, 2.75) is 92.3 Å². The Morgan fingerprint density at radius 3 is 2.24 bits per heavy atom. The van der Waals surface area contributed by atoms with Gasteiger partial charge in [0.15, 0.2) is 8.32 Å². The van der Waals surface area contributed by atoms with E-state index in [4.69, 9.17) is 4.43 Å². The Hall–Kier alpha value is -1.62. The number of nitrogens with zero attached hydrogens (tertiary/aromatic N) is 1. The normalized spacial score (nSPS) is 19.3. The van der Waals surface area contributed by atoms with E-state index in [1.807, 2.05) is 20.8 Å². The van der Waals surface area contributed by atoms with E-state index < -0.39 is 14.3 Å². The zero-order valence-electron chi connectivity index (χ0n) is 22.5. The minimum absolute atomic E-state index is 0.0152. The molecule has 0 saturated heterocycles. The number of hydrogen-bond acceptors (Lipinski definition) is 4. The molecular weight excluding hydrogens is 462 g/mol. The average molecular weight is 506 g/mol. The van der Waals surface area contributed by atoms with Crippen LogP contribution in [0.1, 0.15) is 88.7 Å². The van der Waals surface area contributed by atoms with Crippen LogP contribution in [0.15, 0.2) is 6.07 Å². The molecule has 0 aliphatic heterocycles. The van der Waals surface area contributed by atoms with Gasteiger partial charge in [-0.1, -0.05) is 39.5 Å². The maximum Gasteiger partial charge on any atom is 0.348 e. The smallest absolute Gasteiger partial charge is 0.348 e. The summed E-state index contributed by atoms with van der Waals surface area (Å²) in [5, 5.41) is 10.0. The van der Waals surface area contributed by atoms with Gasteiger partial charge in [-0.15, -0.1) is 11.3 Å². The largest absolute Gasteiger partial charge is 0.477 e. The molecule has 1 saturated carbocycles. The van der Waals surface area contributed by atoms with Crippen molar-refractivity contribution in [3.05, 3.63) is 15.8 Å². The minimum atomic E-state index is -1.99. The average Bonchev–Trinajstić information content (AvgIpc) is 3.13. The Morgan fingerprint density at radius 2 is 1.74 bits per heavy atom. The molecule has 7 heteroatoms. The van der Waals surface area contributed by atoms with E-state index >= 15 is 0 Å². The summed E-state index contributed by atoms with van der Waals surface area (Å²) in [6, 6.07) is 1.78. The molecule has 0 radical (unpaired) electrons. The lowest BCUT2D eigenvalue weighted by Crippen LogP contribution is -2.45. The molecule has 1 aliphatic carbocycles. The predicted molar refractivity (Wildman–Crippen MR) is 144 cm³/mol. The van der Waals surface area contributed by atoms with Crippen molar-refractivity contribution in [1.82, 2.24) is 0 Å². The Balaban J connectivity index is 2.40. The van der Waals surface area contributed by atoms with Crippen molar-refractivity contribution < 1.29 is 19.1 Å². The van der Waals surface area contributed by atoms with Crippen LogP contribution in [-0.4, -0.2) is 38.5 Å². The van der Waals surface area contributed by atoms with E-state index in [0.29, 0.717) is 29.6 Å². The fraction of sp³-hybridized carbons (Fsp3) is 0.704. The van der Waals surface area contributed by atoms with Gasteiger partial charge in [0.1, 0.15) is 4.88 Å². The fourth-order valence-electron chi connectivity index (χ4n) is 3.73. The van der Waals surface area contributed by atoms with Crippen LogP contribution in [0, 0.1) is 29.1 Å². The summed E-state index contributed by atoms with van der Waals surface area (Å²) in [6.07, 6.45) is 3.76. The molecule has 1 fully saturated rings. The first-order valence-corrected chi connectivity index (χ1v) is 16.1. The summed E-state index contributed by atoms with van der Waals surface area (Å²) in [5.41, 5.74) is 0.261. The van der Waals surface area contributed by atoms with Crippen LogP contribution in [0.25, 0.3) is 0 Å². The van der Waals surface area contributed by atoms with Gasteiger partial charge in [0.2, 0.25) is 5.91 Å². The molecule has 1 N–H and O–H groups in total. The minimum Gasteiger partial charge on any atom is -0.477 e. The number of carboxylic acid groups (broad SMARTS) is 1. The third-order valence-corrected chi connectivity index (χ3v) is 12.5. The predicted octanol–water partition coefficient (Wildman–Crippen LogP) is 7.03. The van der Waals surface area contributed by atoms with Crippen molar-refractivity contribution in [2.75, 3.05) is 18.1 Å². The molecule has 0 atom stereocenters. The Kier molecular flexibility index (Phi) is 9.23. The monoisotopic (exact) mass is 505 g/mol. The van der Waals surface area contributed by atoms with Crippen molar-refractivity contribution in [1.29, 1.82) is 0 Å². The van der Waals surface area contributed by atoms with Gasteiger partial charge in [0, 0.05) is 17.9 Å². The first kappa shape index (κ1) is 28.6. The van der Waals surface area contributed by atoms with E-state index in [1.165, 1.54) is 0 Å². The molecule has 0 aromatic carbocycles. The lowest BCUT2D eigenvalue weighted by Gasteiger charge is -2.37.